The molecule has 2 unspecified atom stereocenters. The molecule has 0 N–H and O–H groups in total. The lowest BCUT2D eigenvalue weighted by Gasteiger charge is -2.36. The molecule has 2 heterocycles. The molecule has 3 rings (SSSR count). The first kappa shape index (κ1) is 19.5. The van der Waals surface area contributed by atoms with Crippen molar-refractivity contribution >= 4 is 11.8 Å². The molecular formula is C19H23F3N2O3. The summed E-state index contributed by atoms with van der Waals surface area (Å²) in [6.45, 7) is 1.37. The molecule has 0 spiro atoms. The van der Waals surface area contributed by atoms with Crippen LogP contribution in [0.4, 0.5) is 13.2 Å². The smallest absolute Gasteiger partial charge is 0.471 e. The van der Waals surface area contributed by atoms with Gasteiger partial charge < -0.3 is 14.5 Å². The van der Waals surface area contributed by atoms with Crippen molar-refractivity contribution in [3.63, 3.8) is 0 Å². The van der Waals surface area contributed by atoms with Crippen molar-refractivity contribution in [2.75, 3.05) is 26.2 Å². The van der Waals surface area contributed by atoms with E-state index < -0.39 is 18.1 Å². The second-order valence-corrected chi connectivity index (χ2v) is 7.07. The lowest BCUT2D eigenvalue weighted by Crippen LogP contribution is -2.53. The van der Waals surface area contributed by atoms with E-state index in [-0.39, 0.29) is 24.8 Å². The van der Waals surface area contributed by atoms with Crippen molar-refractivity contribution in [3.8, 4) is 5.75 Å². The minimum Gasteiger partial charge on any atom is -0.493 e. The zero-order chi connectivity index (χ0) is 19.4. The fraction of sp³-hybridized carbons (Fsp3) is 0.579. The predicted molar refractivity (Wildman–Crippen MR) is 92.0 cm³/mol. The van der Waals surface area contributed by atoms with Crippen molar-refractivity contribution in [1.29, 1.82) is 0 Å². The fourth-order valence-electron chi connectivity index (χ4n) is 3.77. The van der Waals surface area contributed by atoms with Crippen LogP contribution in [0.5, 0.6) is 5.75 Å². The van der Waals surface area contributed by atoms with Gasteiger partial charge in [-0.15, -0.1) is 0 Å². The molecule has 0 radical (unpaired) electrons. The third-order valence-electron chi connectivity index (χ3n) is 5.10. The summed E-state index contributed by atoms with van der Waals surface area (Å²) in [5, 5.41) is 0. The van der Waals surface area contributed by atoms with E-state index in [0.717, 1.165) is 18.6 Å². The maximum atomic E-state index is 12.8. The van der Waals surface area contributed by atoms with E-state index in [1.165, 1.54) is 0 Å². The maximum absolute atomic E-state index is 12.8. The first-order valence-electron chi connectivity index (χ1n) is 9.20. The van der Waals surface area contributed by atoms with Crippen LogP contribution in [0.1, 0.15) is 25.7 Å². The Kier molecular flexibility index (Phi) is 5.92. The van der Waals surface area contributed by atoms with Gasteiger partial charge in [0.1, 0.15) is 11.8 Å². The number of halogens is 3. The minimum atomic E-state index is -4.95. The fourth-order valence-corrected chi connectivity index (χ4v) is 3.77. The number of rotatable bonds is 4. The molecule has 5 nitrogen and oxygen atoms in total. The Labute approximate surface area is 156 Å². The highest BCUT2D eigenvalue weighted by Gasteiger charge is 2.48. The Morgan fingerprint density at radius 2 is 1.78 bits per heavy atom. The lowest BCUT2D eigenvalue weighted by molar-refractivity contribution is -0.187. The van der Waals surface area contributed by atoms with E-state index in [4.69, 9.17) is 4.74 Å². The molecule has 1 aromatic carbocycles. The molecule has 2 amide bonds. The van der Waals surface area contributed by atoms with Crippen LogP contribution < -0.4 is 4.74 Å². The van der Waals surface area contributed by atoms with Crippen molar-refractivity contribution < 1.29 is 27.5 Å². The van der Waals surface area contributed by atoms with Gasteiger partial charge in [0.15, 0.2) is 0 Å². The van der Waals surface area contributed by atoms with E-state index in [9.17, 15) is 22.8 Å². The number of piperidine rings is 1. The number of amides is 2. The number of hydrogen-bond acceptors (Lipinski definition) is 3. The Hall–Kier alpha value is -2.25. The SMILES string of the molecule is O=C(C1CCCN1C(=O)C(F)(F)F)N1CCCC(COc2ccccc2)C1. The van der Waals surface area contributed by atoms with Crippen molar-refractivity contribution in [1.82, 2.24) is 9.80 Å². The number of nitrogens with zero attached hydrogens (tertiary/aromatic N) is 2. The van der Waals surface area contributed by atoms with Crippen LogP contribution in [-0.2, 0) is 9.59 Å². The Morgan fingerprint density at radius 1 is 1.07 bits per heavy atom. The van der Waals surface area contributed by atoms with Gasteiger partial charge in [-0.25, -0.2) is 0 Å². The van der Waals surface area contributed by atoms with Crippen molar-refractivity contribution in [2.24, 2.45) is 5.92 Å². The van der Waals surface area contributed by atoms with E-state index in [0.29, 0.717) is 31.0 Å². The summed E-state index contributed by atoms with van der Waals surface area (Å²) in [7, 11) is 0. The van der Waals surface area contributed by atoms with Gasteiger partial charge in [-0.1, -0.05) is 18.2 Å². The Morgan fingerprint density at radius 3 is 2.48 bits per heavy atom. The van der Waals surface area contributed by atoms with Gasteiger partial charge in [0.05, 0.1) is 6.61 Å². The highest BCUT2D eigenvalue weighted by Crippen LogP contribution is 2.28. The second kappa shape index (κ2) is 8.19. The van der Waals surface area contributed by atoms with Crippen molar-refractivity contribution in [3.05, 3.63) is 30.3 Å². The third kappa shape index (κ3) is 4.73. The van der Waals surface area contributed by atoms with Gasteiger partial charge in [-0.3, -0.25) is 9.59 Å². The number of carbonyl (C=O) groups is 2. The zero-order valence-electron chi connectivity index (χ0n) is 15.0. The molecule has 2 saturated heterocycles. The van der Waals surface area contributed by atoms with Crippen LogP contribution >= 0.6 is 0 Å². The number of alkyl halides is 3. The number of ether oxygens (including phenoxy) is 1. The quantitative estimate of drug-likeness (QED) is 0.802. The van der Waals surface area contributed by atoms with Gasteiger partial charge in [0, 0.05) is 25.6 Å². The minimum absolute atomic E-state index is 0.0247. The summed E-state index contributed by atoms with van der Waals surface area (Å²) >= 11 is 0. The van der Waals surface area contributed by atoms with Crippen LogP contribution in [0.3, 0.4) is 0 Å². The van der Waals surface area contributed by atoms with Gasteiger partial charge in [-0.2, -0.15) is 13.2 Å². The first-order chi connectivity index (χ1) is 12.9. The summed E-state index contributed by atoms with van der Waals surface area (Å²) in [5.74, 6) is -1.43. The molecule has 0 bridgehead atoms. The lowest BCUT2D eigenvalue weighted by atomic mass is 9.98. The number of likely N-dealkylation sites (tertiary alicyclic amines) is 2. The molecule has 2 aliphatic heterocycles. The average molecular weight is 384 g/mol. The van der Waals surface area contributed by atoms with E-state index >= 15 is 0 Å². The molecule has 0 aliphatic carbocycles. The molecule has 0 saturated carbocycles. The standard InChI is InChI=1S/C19H23F3N2O3/c20-19(21,22)18(26)24-11-5-9-16(24)17(25)23-10-4-6-14(12-23)13-27-15-7-2-1-3-8-15/h1-3,7-8,14,16H,4-6,9-13H2. The topological polar surface area (TPSA) is 49.9 Å². The summed E-state index contributed by atoms with van der Waals surface area (Å²) in [4.78, 5) is 26.7. The van der Waals surface area contributed by atoms with Crippen LogP contribution in [-0.4, -0.2) is 60.1 Å². The summed E-state index contributed by atoms with van der Waals surface area (Å²) < 4.78 is 44.1. The third-order valence-corrected chi connectivity index (χ3v) is 5.10. The van der Waals surface area contributed by atoms with E-state index in [1.807, 2.05) is 30.3 Å². The Balaban J connectivity index is 1.58. The number of hydrogen-bond donors (Lipinski definition) is 0. The van der Waals surface area contributed by atoms with E-state index in [2.05, 4.69) is 0 Å². The first-order valence-corrected chi connectivity index (χ1v) is 9.20. The molecule has 27 heavy (non-hydrogen) atoms. The molecule has 8 heteroatoms. The Bertz CT molecular complexity index is 666. The van der Waals surface area contributed by atoms with Gasteiger partial charge in [-0.05, 0) is 37.8 Å². The van der Waals surface area contributed by atoms with Crippen molar-refractivity contribution in [2.45, 2.75) is 37.9 Å². The number of carbonyl (C=O) groups excluding carboxylic acids is 2. The average Bonchev–Trinajstić information content (AvgIpc) is 3.15. The largest absolute Gasteiger partial charge is 0.493 e. The molecule has 0 aromatic heterocycles. The normalized spacial score (nSPS) is 23.4. The highest BCUT2D eigenvalue weighted by atomic mass is 19.4. The molecule has 2 atom stereocenters. The van der Waals surface area contributed by atoms with Crippen LogP contribution in [0.2, 0.25) is 0 Å². The summed E-state index contributed by atoms with van der Waals surface area (Å²) in [5.41, 5.74) is 0. The zero-order valence-corrected chi connectivity index (χ0v) is 15.0. The predicted octanol–water partition coefficient (Wildman–Crippen LogP) is 2.86. The highest BCUT2D eigenvalue weighted by molar-refractivity contribution is 5.90. The molecule has 148 valence electrons. The molecule has 2 aliphatic rings. The number of para-hydroxylation sites is 1. The van der Waals surface area contributed by atoms with E-state index in [1.54, 1.807) is 4.90 Å². The van der Waals surface area contributed by atoms with Crippen LogP contribution in [0.15, 0.2) is 30.3 Å². The van der Waals surface area contributed by atoms with Gasteiger partial charge in [0.25, 0.3) is 0 Å². The monoisotopic (exact) mass is 384 g/mol. The maximum Gasteiger partial charge on any atom is 0.471 e. The van der Waals surface area contributed by atoms with Crippen LogP contribution in [0, 0.1) is 5.92 Å². The molecular weight excluding hydrogens is 361 g/mol. The van der Waals surface area contributed by atoms with Gasteiger partial charge in [0.2, 0.25) is 5.91 Å². The summed E-state index contributed by atoms with van der Waals surface area (Å²) in [6.07, 6.45) is -2.59. The number of benzene rings is 1. The molecule has 2 fully saturated rings. The van der Waals surface area contributed by atoms with Gasteiger partial charge >= 0.3 is 12.1 Å². The van der Waals surface area contributed by atoms with Crippen LogP contribution in [0.25, 0.3) is 0 Å². The second-order valence-electron chi connectivity index (χ2n) is 7.07. The molecule has 1 aromatic rings. The summed E-state index contributed by atoms with van der Waals surface area (Å²) in [6, 6.07) is 8.34.